The number of hydrogen-bond acceptors (Lipinski definition) is 5. The van der Waals surface area contributed by atoms with E-state index in [1.165, 1.54) is 29.2 Å². The van der Waals surface area contributed by atoms with Gasteiger partial charge in [-0.15, -0.1) is 0 Å². The van der Waals surface area contributed by atoms with E-state index in [1.54, 1.807) is 0 Å². The quantitative estimate of drug-likeness (QED) is 0.763. The summed E-state index contributed by atoms with van der Waals surface area (Å²) in [5.41, 5.74) is 5.78. The molecule has 1 aliphatic heterocycles. The van der Waals surface area contributed by atoms with Crippen LogP contribution >= 0.6 is 0 Å². The van der Waals surface area contributed by atoms with E-state index in [2.05, 4.69) is 16.1 Å². The van der Waals surface area contributed by atoms with Gasteiger partial charge in [-0.2, -0.15) is 0 Å². The summed E-state index contributed by atoms with van der Waals surface area (Å²) < 4.78 is 27.7. The zero-order valence-electron chi connectivity index (χ0n) is 16.9. The zero-order valence-corrected chi connectivity index (χ0v) is 17.7. The number of fused-ring (bicyclic) bond motifs is 2. The van der Waals surface area contributed by atoms with Crippen LogP contribution in [0.15, 0.2) is 6.07 Å². The fourth-order valence-electron chi connectivity index (χ4n) is 5.01. The van der Waals surface area contributed by atoms with Gasteiger partial charge in [-0.25, -0.2) is 17.9 Å². The second-order valence-corrected chi connectivity index (χ2v) is 10.5. The molecule has 1 aromatic carbocycles. The molecule has 2 N–H and O–H groups in total. The van der Waals surface area contributed by atoms with Gasteiger partial charge in [0.25, 0.3) is 0 Å². The Balaban J connectivity index is 1.42. The summed E-state index contributed by atoms with van der Waals surface area (Å²) in [6, 6.07) is 1.62. The van der Waals surface area contributed by atoms with Crippen molar-refractivity contribution in [1.29, 1.82) is 0 Å². The van der Waals surface area contributed by atoms with Crippen molar-refractivity contribution >= 4 is 27.5 Å². The van der Waals surface area contributed by atoms with Crippen molar-refractivity contribution in [2.75, 3.05) is 25.0 Å². The van der Waals surface area contributed by atoms with Gasteiger partial charge < -0.3 is 5.32 Å². The molecular weight excluding hydrogens is 390 g/mol. The maximum absolute atomic E-state index is 12.7. The van der Waals surface area contributed by atoms with Crippen molar-refractivity contribution in [2.24, 2.45) is 0 Å². The summed E-state index contributed by atoms with van der Waals surface area (Å²) in [7, 11) is -3.76. The second-order valence-electron chi connectivity index (χ2n) is 8.51. The fraction of sp³-hybridized carbons (Fsp3) is 0.619. The van der Waals surface area contributed by atoms with E-state index >= 15 is 0 Å². The maximum Gasteiger partial charge on any atom is 0.332 e. The van der Waals surface area contributed by atoms with Gasteiger partial charge in [0.05, 0.1) is 11.8 Å². The Labute approximate surface area is 172 Å². The van der Waals surface area contributed by atoms with E-state index in [9.17, 15) is 18.0 Å². The molecule has 2 amide bonds. The smallest absolute Gasteiger partial charge is 0.307 e. The first-order valence-electron chi connectivity index (χ1n) is 10.5. The third kappa shape index (κ3) is 4.33. The van der Waals surface area contributed by atoms with Crippen LogP contribution in [0.3, 0.4) is 0 Å². The Kier molecular flexibility index (Phi) is 5.66. The van der Waals surface area contributed by atoms with E-state index in [1.807, 2.05) is 4.90 Å². The lowest BCUT2D eigenvalue weighted by Crippen LogP contribution is -2.47. The number of piperidine rings is 1. The Hall–Kier alpha value is -1.93. The van der Waals surface area contributed by atoms with Crippen LogP contribution in [0.2, 0.25) is 0 Å². The molecule has 1 aromatic rings. The SMILES string of the molecule is CC(=O)CN1CCC(S(=O)(=O)NC(=O)Nc2c3c(cc4c2CCC4)CCC3)CC1. The predicted molar refractivity (Wildman–Crippen MR) is 112 cm³/mol. The van der Waals surface area contributed by atoms with Crippen LogP contribution in [0.1, 0.15) is 54.9 Å². The van der Waals surface area contributed by atoms with Crippen molar-refractivity contribution in [1.82, 2.24) is 9.62 Å². The molecule has 0 radical (unpaired) electrons. The van der Waals surface area contributed by atoms with E-state index in [-0.39, 0.29) is 5.78 Å². The van der Waals surface area contributed by atoms with Crippen LogP contribution in [0, 0.1) is 0 Å². The topological polar surface area (TPSA) is 95.6 Å². The predicted octanol–water partition coefficient (Wildman–Crippen LogP) is 2.17. The van der Waals surface area contributed by atoms with E-state index < -0.39 is 21.3 Å². The molecule has 3 aliphatic rings. The van der Waals surface area contributed by atoms with Crippen molar-refractivity contribution in [3.05, 3.63) is 28.3 Å². The second kappa shape index (κ2) is 8.07. The largest absolute Gasteiger partial charge is 0.332 e. The molecule has 1 heterocycles. The van der Waals surface area contributed by atoms with Crippen LogP contribution in [0.25, 0.3) is 0 Å². The van der Waals surface area contributed by atoms with Gasteiger partial charge >= 0.3 is 6.03 Å². The number of Topliss-reactive ketones (excluding diaryl/α,β-unsaturated/α-hetero) is 1. The Morgan fingerprint density at radius 1 is 1.03 bits per heavy atom. The third-order valence-corrected chi connectivity index (χ3v) is 8.19. The van der Waals surface area contributed by atoms with Crippen LogP contribution in [0.4, 0.5) is 10.5 Å². The van der Waals surface area contributed by atoms with Gasteiger partial charge in [0.2, 0.25) is 10.0 Å². The number of nitrogens with zero attached hydrogens (tertiary/aromatic N) is 1. The molecular formula is C21H29N3O4S. The molecule has 0 aromatic heterocycles. The number of aryl methyl sites for hydroxylation is 2. The first-order valence-corrected chi connectivity index (χ1v) is 12.1. The fourth-order valence-corrected chi connectivity index (χ4v) is 6.32. The minimum absolute atomic E-state index is 0.0757. The highest BCUT2D eigenvalue weighted by Crippen LogP contribution is 2.38. The van der Waals surface area contributed by atoms with E-state index in [0.29, 0.717) is 32.5 Å². The number of likely N-dealkylation sites (tertiary alicyclic amines) is 1. The van der Waals surface area contributed by atoms with Gasteiger partial charge in [0, 0.05) is 5.69 Å². The molecule has 1 fully saturated rings. The van der Waals surface area contributed by atoms with Crippen LogP contribution in [0.5, 0.6) is 0 Å². The van der Waals surface area contributed by atoms with E-state index in [0.717, 1.165) is 44.2 Å². The number of anilines is 1. The average molecular weight is 420 g/mol. The summed E-state index contributed by atoms with van der Waals surface area (Å²) in [5.74, 6) is 0.0757. The molecule has 0 atom stereocenters. The van der Waals surface area contributed by atoms with Crippen molar-refractivity contribution in [3.63, 3.8) is 0 Å². The molecule has 29 heavy (non-hydrogen) atoms. The molecule has 0 unspecified atom stereocenters. The summed E-state index contributed by atoms with van der Waals surface area (Å²) in [4.78, 5) is 25.8. The number of carbonyl (C=O) groups excluding carboxylic acids is 2. The molecule has 7 nitrogen and oxygen atoms in total. The Morgan fingerprint density at radius 2 is 1.62 bits per heavy atom. The van der Waals surface area contributed by atoms with Gasteiger partial charge in [-0.1, -0.05) is 6.07 Å². The summed E-state index contributed by atoms with van der Waals surface area (Å²) in [6.45, 7) is 2.98. The zero-order chi connectivity index (χ0) is 20.6. The number of rotatable bonds is 5. The highest BCUT2D eigenvalue weighted by molar-refractivity contribution is 7.90. The number of ketones is 1. The number of carbonyl (C=O) groups is 2. The lowest BCUT2D eigenvalue weighted by molar-refractivity contribution is -0.118. The molecule has 0 saturated carbocycles. The molecule has 0 bridgehead atoms. The molecule has 8 heteroatoms. The van der Waals surface area contributed by atoms with Gasteiger partial charge in [-0.3, -0.25) is 9.69 Å². The summed E-state index contributed by atoms with van der Waals surface area (Å²) >= 11 is 0. The van der Waals surface area contributed by atoms with Gasteiger partial charge in [0.15, 0.2) is 0 Å². The van der Waals surface area contributed by atoms with E-state index in [4.69, 9.17) is 0 Å². The normalized spacial score (nSPS) is 19.6. The highest BCUT2D eigenvalue weighted by atomic mass is 32.2. The molecule has 4 rings (SSSR count). The number of benzene rings is 1. The molecule has 158 valence electrons. The van der Waals surface area contributed by atoms with Crippen LogP contribution in [-0.2, 0) is 40.5 Å². The van der Waals surface area contributed by atoms with Gasteiger partial charge in [-0.05, 0) is 93.6 Å². The monoisotopic (exact) mass is 419 g/mol. The van der Waals surface area contributed by atoms with Crippen molar-refractivity contribution < 1.29 is 18.0 Å². The lowest BCUT2D eigenvalue weighted by Gasteiger charge is -2.30. The number of amides is 2. The summed E-state index contributed by atoms with van der Waals surface area (Å²) in [5, 5.41) is 2.28. The first-order chi connectivity index (χ1) is 13.8. The third-order valence-electron chi connectivity index (χ3n) is 6.37. The van der Waals surface area contributed by atoms with Crippen molar-refractivity contribution in [2.45, 2.75) is 63.5 Å². The molecule has 0 spiro atoms. The minimum atomic E-state index is -3.76. The number of nitrogens with one attached hydrogen (secondary N) is 2. The number of sulfonamides is 1. The molecule has 2 aliphatic carbocycles. The van der Waals surface area contributed by atoms with Crippen molar-refractivity contribution in [3.8, 4) is 0 Å². The standard InChI is InChI=1S/C21H29N3O4S/c1-14(25)13-24-10-8-17(9-11-24)29(27,28)23-21(26)22-20-18-6-2-4-15(18)12-16-5-3-7-19(16)20/h12,17H,2-11,13H2,1H3,(H2,22,23,26). The highest BCUT2D eigenvalue weighted by Gasteiger charge is 2.32. The average Bonchev–Trinajstić information content (AvgIpc) is 3.30. The number of hydrogen-bond donors (Lipinski definition) is 2. The Bertz CT molecular complexity index is 901. The van der Waals surface area contributed by atoms with Crippen LogP contribution < -0.4 is 10.0 Å². The lowest BCUT2D eigenvalue weighted by atomic mass is 9.99. The summed E-state index contributed by atoms with van der Waals surface area (Å²) in [6.07, 6.45) is 6.90. The number of urea groups is 1. The van der Waals surface area contributed by atoms with Gasteiger partial charge in [0.1, 0.15) is 5.78 Å². The Morgan fingerprint density at radius 3 is 2.17 bits per heavy atom. The maximum atomic E-state index is 12.7. The molecule has 1 saturated heterocycles. The van der Waals surface area contributed by atoms with Crippen LogP contribution in [-0.4, -0.2) is 50.0 Å². The minimum Gasteiger partial charge on any atom is -0.307 e. The first kappa shape index (κ1) is 20.3.